The molecule has 0 unspecified atom stereocenters. The fourth-order valence-corrected chi connectivity index (χ4v) is 1.08. The average molecular weight is 198 g/mol. The van der Waals surface area contributed by atoms with Crippen molar-refractivity contribution in [2.24, 2.45) is 0 Å². The van der Waals surface area contributed by atoms with Crippen LogP contribution in [0.2, 0.25) is 0 Å². The van der Waals surface area contributed by atoms with Gasteiger partial charge in [-0.05, 0) is 12.8 Å². The van der Waals surface area contributed by atoms with E-state index < -0.39 is 5.97 Å². The van der Waals surface area contributed by atoms with Gasteiger partial charge in [-0.3, -0.25) is 4.79 Å². The minimum atomic E-state index is -0.759. The number of carbonyl (C=O) groups is 1. The Hall–Kier alpha value is -1.39. The first kappa shape index (κ1) is 10.7. The standard InChI is InChI=1S/C9H14N2O3/c1-2-7-10-11-8(14-7)5-3-4-6-9(12)13/h2-6H2,1H3,(H,12,13). The largest absolute Gasteiger partial charge is 0.481 e. The van der Waals surface area contributed by atoms with Gasteiger partial charge in [0.2, 0.25) is 11.8 Å². The van der Waals surface area contributed by atoms with Gasteiger partial charge in [-0.15, -0.1) is 10.2 Å². The predicted octanol–water partition coefficient (Wildman–Crippen LogP) is 1.43. The minimum absolute atomic E-state index is 0.203. The van der Waals surface area contributed by atoms with Crippen LogP contribution in [0.3, 0.4) is 0 Å². The van der Waals surface area contributed by atoms with E-state index >= 15 is 0 Å². The van der Waals surface area contributed by atoms with Crippen molar-refractivity contribution in [1.29, 1.82) is 0 Å². The molecule has 0 aliphatic carbocycles. The Kier molecular flexibility index (Phi) is 4.10. The molecule has 0 aromatic carbocycles. The highest BCUT2D eigenvalue weighted by Gasteiger charge is 2.04. The maximum absolute atomic E-state index is 10.2. The lowest BCUT2D eigenvalue weighted by Gasteiger charge is -1.93. The highest BCUT2D eigenvalue weighted by molar-refractivity contribution is 5.66. The number of nitrogens with zero attached hydrogens (tertiary/aromatic N) is 2. The van der Waals surface area contributed by atoms with E-state index in [0.717, 1.165) is 12.8 Å². The second-order valence-electron chi connectivity index (χ2n) is 3.04. The van der Waals surface area contributed by atoms with Crippen LogP contribution < -0.4 is 0 Å². The highest BCUT2D eigenvalue weighted by Crippen LogP contribution is 2.06. The SMILES string of the molecule is CCc1nnc(CCCCC(=O)O)o1. The Morgan fingerprint density at radius 3 is 2.64 bits per heavy atom. The van der Waals surface area contributed by atoms with Crippen LogP contribution in [0.4, 0.5) is 0 Å². The van der Waals surface area contributed by atoms with Crippen molar-refractivity contribution < 1.29 is 14.3 Å². The monoisotopic (exact) mass is 198 g/mol. The van der Waals surface area contributed by atoms with Crippen molar-refractivity contribution in [3.05, 3.63) is 11.8 Å². The van der Waals surface area contributed by atoms with E-state index in [0.29, 0.717) is 24.6 Å². The number of hydrogen-bond donors (Lipinski definition) is 1. The van der Waals surface area contributed by atoms with Crippen molar-refractivity contribution >= 4 is 5.97 Å². The van der Waals surface area contributed by atoms with Gasteiger partial charge in [-0.1, -0.05) is 6.92 Å². The Bertz CT molecular complexity index is 296. The lowest BCUT2D eigenvalue weighted by Crippen LogP contribution is -1.95. The zero-order valence-corrected chi connectivity index (χ0v) is 8.19. The Morgan fingerprint density at radius 1 is 1.36 bits per heavy atom. The summed E-state index contributed by atoms with van der Waals surface area (Å²) in [5.74, 6) is 0.482. The molecule has 0 fully saturated rings. The van der Waals surface area contributed by atoms with Crippen LogP contribution in [-0.4, -0.2) is 21.3 Å². The lowest BCUT2D eigenvalue weighted by molar-refractivity contribution is -0.137. The van der Waals surface area contributed by atoms with Crippen molar-refractivity contribution in [3.8, 4) is 0 Å². The molecule has 5 heteroatoms. The smallest absolute Gasteiger partial charge is 0.303 e. The lowest BCUT2D eigenvalue weighted by atomic mass is 10.2. The van der Waals surface area contributed by atoms with Gasteiger partial charge in [0.25, 0.3) is 0 Å². The maximum Gasteiger partial charge on any atom is 0.303 e. The van der Waals surface area contributed by atoms with E-state index in [1.54, 1.807) is 0 Å². The van der Waals surface area contributed by atoms with Crippen LogP contribution in [0.15, 0.2) is 4.42 Å². The van der Waals surface area contributed by atoms with Gasteiger partial charge in [-0.25, -0.2) is 0 Å². The molecule has 0 amide bonds. The van der Waals surface area contributed by atoms with Gasteiger partial charge in [0.1, 0.15) is 0 Å². The summed E-state index contributed by atoms with van der Waals surface area (Å²) < 4.78 is 5.27. The molecule has 78 valence electrons. The average Bonchev–Trinajstić information content (AvgIpc) is 2.60. The molecular weight excluding hydrogens is 184 g/mol. The summed E-state index contributed by atoms with van der Waals surface area (Å²) in [7, 11) is 0. The first-order valence-electron chi connectivity index (χ1n) is 4.75. The molecule has 0 spiro atoms. The Morgan fingerprint density at radius 2 is 2.07 bits per heavy atom. The molecule has 1 heterocycles. The van der Waals surface area contributed by atoms with Crippen molar-refractivity contribution in [3.63, 3.8) is 0 Å². The number of carboxylic acids is 1. The molecule has 14 heavy (non-hydrogen) atoms. The Labute approximate surface area is 82.1 Å². The van der Waals surface area contributed by atoms with E-state index in [-0.39, 0.29) is 6.42 Å². The van der Waals surface area contributed by atoms with E-state index in [4.69, 9.17) is 9.52 Å². The third kappa shape index (κ3) is 3.55. The van der Waals surface area contributed by atoms with Crippen molar-refractivity contribution in [2.45, 2.75) is 39.0 Å². The molecule has 1 aromatic heterocycles. The van der Waals surface area contributed by atoms with Crippen LogP contribution in [0.25, 0.3) is 0 Å². The molecule has 0 aliphatic heterocycles. The van der Waals surface area contributed by atoms with E-state index in [1.165, 1.54) is 0 Å². The summed E-state index contributed by atoms with van der Waals surface area (Å²) in [4.78, 5) is 10.2. The van der Waals surface area contributed by atoms with Crippen LogP contribution in [0.1, 0.15) is 38.0 Å². The molecular formula is C9H14N2O3. The van der Waals surface area contributed by atoms with Crippen molar-refractivity contribution in [1.82, 2.24) is 10.2 Å². The fraction of sp³-hybridized carbons (Fsp3) is 0.667. The molecule has 0 atom stereocenters. The highest BCUT2D eigenvalue weighted by atomic mass is 16.4. The fourth-order valence-electron chi connectivity index (χ4n) is 1.08. The molecule has 0 aliphatic rings. The quantitative estimate of drug-likeness (QED) is 0.699. The Balaban J connectivity index is 2.21. The molecule has 0 saturated heterocycles. The summed E-state index contributed by atoms with van der Waals surface area (Å²) in [6, 6.07) is 0. The van der Waals surface area contributed by atoms with Crippen LogP contribution in [0.5, 0.6) is 0 Å². The third-order valence-electron chi connectivity index (χ3n) is 1.84. The first-order chi connectivity index (χ1) is 6.72. The second kappa shape index (κ2) is 5.36. The number of carboxylic acid groups (broad SMARTS) is 1. The first-order valence-corrected chi connectivity index (χ1v) is 4.75. The van der Waals surface area contributed by atoms with E-state index in [9.17, 15) is 4.79 Å². The molecule has 1 N–H and O–H groups in total. The normalized spacial score (nSPS) is 10.4. The molecule has 1 rings (SSSR count). The van der Waals surface area contributed by atoms with Gasteiger partial charge in [0, 0.05) is 19.3 Å². The number of aromatic nitrogens is 2. The second-order valence-corrected chi connectivity index (χ2v) is 3.04. The summed E-state index contributed by atoms with van der Waals surface area (Å²) in [5.41, 5.74) is 0. The van der Waals surface area contributed by atoms with E-state index in [1.807, 2.05) is 6.92 Å². The molecule has 0 radical (unpaired) electrons. The molecule has 5 nitrogen and oxygen atoms in total. The zero-order chi connectivity index (χ0) is 10.4. The molecule has 0 bridgehead atoms. The van der Waals surface area contributed by atoms with Crippen LogP contribution >= 0.6 is 0 Å². The third-order valence-corrected chi connectivity index (χ3v) is 1.84. The summed E-state index contributed by atoms with van der Waals surface area (Å²) in [6.45, 7) is 1.95. The number of aliphatic carboxylic acids is 1. The van der Waals surface area contributed by atoms with Crippen LogP contribution in [0, 0.1) is 0 Å². The molecule has 1 aromatic rings. The van der Waals surface area contributed by atoms with Gasteiger partial charge >= 0.3 is 5.97 Å². The zero-order valence-electron chi connectivity index (χ0n) is 8.19. The summed E-state index contributed by atoms with van der Waals surface area (Å²) in [5, 5.41) is 16.1. The minimum Gasteiger partial charge on any atom is -0.481 e. The van der Waals surface area contributed by atoms with Crippen LogP contribution in [-0.2, 0) is 17.6 Å². The topological polar surface area (TPSA) is 76.2 Å². The number of hydrogen-bond acceptors (Lipinski definition) is 4. The number of unbranched alkanes of at least 4 members (excludes halogenated alkanes) is 1. The number of aryl methyl sites for hydroxylation is 2. The van der Waals surface area contributed by atoms with Gasteiger partial charge in [-0.2, -0.15) is 0 Å². The number of rotatable bonds is 6. The summed E-state index contributed by atoms with van der Waals surface area (Å²) >= 11 is 0. The predicted molar refractivity (Wildman–Crippen MR) is 48.9 cm³/mol. The van der Waals surface area contributed by atoms with Gasteiger partial charge in [0.15, 0.2) is 0 Å². The maximum atomic E-state index is 10.2. The van der Waals surface area contributed by atoms with E-state index in [2.05, 4.69) is 10.2 Å². The van der Waals surface area contributed by atoms with Gasteiger partial charge < -0.3 is 9.52 Å². The summed E-state index contributed by atoms with van der Waals surface area (Å²) in [6.07, 6.45) is 3.04. The molecule has 0 saturated carbocycles. The van der Waals surface area contributed by atoms with Crippen molar-refractivity contribution in [2.75, 3.05) is 0 Å². The van der Waals surface area contributed by atoms with Gasteiger partial charge in [0.05, 0.1) is 0 Å².